The van der Waals surface area contributed by atoms with Crippen LogP contribution in [0.4, 0.5) is 0 Å². The van der Waals surface area contributed by atoms with Crippen LogP contribution in [0.2, 0.25) is 0 Å². The van der Waals surface area contributed by atoms with E-state index in [9.17, 15) is 0 Å². The van der Waals surface area contributed by atoms with Crippen LogP contribution in [0.5, 0.6) is 0 Å². The van der Waals surface area contributed by atoms with Crippen molar-refractivity contribution in [1.82, 2.24) is 9.78 Å². The molecule has 0 aliphatic carbocycles. The maximum atomic E-state index is 5.87. The Hall–Kier alpha value is -0.540. The summed E-state index contributed by atoms with van der Waals surface area (Å²) in [5.74, 6) is 1.11. The molecule has 0 saturated heterocycles. The molecule has 0 spiro atoms. The standard InChI is InChI=1S/C12H21ClN2O/c1-9(2)8-16-6-5-15-11(4)12(7-13)10(3)14-15/h9H,5-8H2,1-4H3. The number of rotatable bonds is 6. The molecule has 16 heavy (non-hydrogen) atoms. The zero-order valence-electron chi connectivity index (χ0n) is 10.6. The molecular weight excluding hydrogens is 224 g/mol. The third-order valence-electron chi connectivity index (χ3n) is 2.56. The minimum atomic E-state index is 0.532. The van der Waals surface area contributed by atoms with Crippen molar-refractivity contribution < 1.29 is 4.74 Å². The van der Waals surface area contributed by atoms with Crippen molar-refractivity contribution in [2.45, 2.75) is 40.1 Å². The van der Waals surface area contributed by atoms with Gasteiger partial charge in [0.15, 0.2) is 0 Å². The molecule has 1 rings (SSSR count). The van der Waals surface area contributed by atoms with E-state index in [1.54, 1.807) is 0 Å². The third kappa shape index (κ3) is 3.49. The van der Waals surface area contributed by atoms with Crippen molar-refractivity contribution in [3.63, 3.8) is 0 Å². The van der Waals surface area contributed by atoms with Crippen LogP contribution < -0.4 is 0 Å². The number of aromatic nitrogens is 2. The molecule has 0 fully saturated rings. The fraction of sp³-hybridized carbons (Fsp3) is 0.750. The number of aryl methyl sites for hydroxylation is 1. The van der Waals surface area contributed by atoms with Gasteiger partial charge in [0, 0.05) is 17.9 Å². The van der Waals surface area contributed by atoms with E-state index >= 15 is 0 Å². The Morgan fingerprint density at radius 1 is 1.38 bits per heavy atom. The molecular formula is C12H21ClN2O. The summed E-state index contributed by atoms with van der Waals surface area (Å²) in [6.07, 6.45) is 0. The third-order valence-corrected chi connectivity index (χ3v) is 2.83. The fourth-order valence-corrected chi connectivity index (χ4v) is 2.00. The summed E-state index contributed by atoms with van der Waals surface area (Å²) in [4.78, 5) is 0. The van der Waals surface area contributed by atoms with E-state index in [1.165, 1.54) is 0 Å². The fourth-order valence-electron chi connectivity index (χ4n) is 1.62. The van der Waals surface area contributed by atoms with Gasteiger partial charge in [-0.1, -0.05) is 13.8 Å². The van der Waals surface area contributed by atoms with Crippen LogP contribution in [0.15, 0.2) is 0 Å². The number of hydrogen-bond donors (Lipinski definition) is 0. The van der Waals surface area contributed by atoms with Crippen molar-refractivity contribution in [2.75, 3.05) is 13.2 Å². The quantitative estimate of drug-likeness (QED) is 0.568. The van der Waals surface area contributed by atoms with Crippen LogP contribution in [-0.4, -0.2) is 23.0 Å². The van der Waals surface area contributed by atoms with E-state index in [2.05, 4.69) is 25.9 Å². The summed E-state index contributed by atoms with van der Waals surface area (Å²) in [7, 11) is 0. The number of hydrogen-bond acceptors (Lipinski definition) is 2. The summed E-state index contributed by atoms with van der Waals surface area (Å²) in [6, 6.07) is 0. The van der Waals surface area contributed by atoms with Crippen molar-refractivity contribution in [2.24, 2.45) is 5.92 Å². The average molecular weight is 245 g/mol. The lowest BCUT2D eigenvalue weighted by atomic mass is 10.2. The molecule has 0 radical (unpaired) electrons. The number of halogens is 1. The summed E-state index contributed by atoms with van der Waals surface area (Å²) in [5, 5.41) is 4.45. The van der Waals surface area contributed by atoms with Crippen molar-refractivity contribution >= 4 is 11.6 Å². The van der Waals surface area contributed by atoms with Gasteiger partial charge in [-0.2, -0.15) is 5.10 Å². The van der Waals surface area contributed by atoms with Gasteiger partial charge < -0.3 is 4.74 Å². The molecule has 0 aromatic carbocycles. The lowest BCUT2D eigenvalue weighted by Crippen LogP contribution is -2.11. The molecule has 4 heteroatoms. The predicted octanol–water partition coefficient (Wildman–Crippen LogP) is 2.91. The minimum absolute atomic E-state index is 0.532. The first-order valence-electron chi connectivity index (χ1n) is 5.72. The molecule has 0 atom stereocenters. The van der Waals surface area contributed by atoms with Crippen LogP contribution in [0.3, 0.4) is 0 Å². The van der Waals surface area contributed by atoms with Crippen molar-refractivity contribution in [3.8, 4) is 0 Å². The molecule has 1 aromatic rings. The second-order valence-corrected chi connectivity index (χ2v) is 4.74. The monoisotopic (exact) mass is 244 g/mol. The molecule has 0 bridgehead atoms. The van der Waals surface area contributed by atoms with Crippen LogP contribution in [0.1, 0.15) is 30.8 Å². The Morgan fingerprint density at radius 2 is 2.06 bits per heavy atom. The number of ether oxygens (including phenoxy) is 1. The molecule has 0 N–H and O–H groups in total. The first kappa shape index (κ1) is 13.5. The van der Waals surface area contributed by atoms with E-state index in [4.69, 9.17) is 16.3 Å². The molecule has 1 aromatic heterocycles. The smallest absolute Gasteiger partial charge is 0.0662 e. The van der Waals surface area contributed by atoms with Crippen molar-refractivity contribution in [1.29, 1.82) is 0 Å². The predicted molar refractivity (Wildman–Crippen MR) is 66.9 cm³/mol. The van der Waals surface area contributed by atoms with Crippen LogP contribution in [0.25, 0.3) is 0 Å². The van der Waals surface area contributed by atoms with Crippen LogP contribution >= 0.6 is 11.6 Å². The normalized spacial score (nSPS) is 11.4. The van der Waals surface area contributed by atoms with Gasteiger partial charge in [0.2, 0.25) is 0 Å². The highest BCUT2D eigenvalue weighted by atomic mass is 35.5. The topological polar surface area (TPSA) is 27.1 Å². The molecule has 1 heterocycles. The Kier molecular flexibility index (Phi) is 5.29. The highest BCUT2D eigenvalue weighted by Crippen LogP contribution is 2.15. The molecule has 0 aliphatic rings. The van der Waals surface area contributed by atoms with Gasteiger partial charge in [0.05, 0.1) is 24.7 Å². The first-order valence-corrected chi connectivity index (χ1v) is 6.26. The van der Waals surface area contributed by atoms with Gasteiger partial charge in [-0.3, -0.25) is 4.68 Å². The van der Waals surface area contributed by atoms with E-state index in [0.717, 1.165) is 30.1 Å². The van der Waals surface area contributed by atoms with E-state index < -0.39 is 0 Å². The Balaban J connectivity index is 2.48. The highest BCUT2D eigenvalue weighted by molar-refractivity contribution is 6.17. The number of nitrogens with zero attached hydrogens (tertiary/aromatic N) is 2. The molecule has 0 amide bonds. The average Bonchev–Trinajstić information content (AvgIpc) is 2.48. The molecule has 92 valence electrons. The summed E-state index contributed by atoms with van der Waals surface area (Å²) < 4.78 is 7.52. The van der Waals surface area contributed by atoms with Crippen LogP contribution in [0, 0.1) is 19.8 Å². The first-order chi connectivity index (χ1) is 7.56. The summed E-state index contributed by atoms with van der Waals surface area (Å²) >= 11 is 5.87. The molecule has 0 unspecified atom stereocenters. The second kappa shape index (κ2) is 6.26. The van der Waals surface area contributed by atoms with E-state index in [-0.39, 0.29) is 0 Å². The largest absolute Gasteiger partial charge is 0.379 e. The Morgan fingerprint density at radius 3 is 2.56 bits per heavy atom. The highest BCUT2D eigenvalue weighted by Gasteiger charge is 2.09. The Labute approximate surface area is 103 Å². The number of alkyl halides is 1. The maximum absolute atomic E-state index is 5.87. The van der Waals surface area contributed by atoms with Gasteiger partial charge in [0.1, 0.15) is 0 Å². The van der Waals surface area contributed by atoms with Gasteiger partial charge in [0.25, 0.3) is 0 Å². The zero-order valence-corrected chi connectivity index (χ0v) is 11.3. The molecule has 0 aliphatic heterocycles. The second-order valence-electron chi connectivity index (χ2n) is 4.47. The summed E-state index contributed by atoms with van der Waals surface area (Å²) in [6.45, 7) is 10.7. The maximum Gasteiger partial charge on any atom is 0.0662 e. The van der Waals surface area contributed by atoms with Gasteiger partial charge in [-0.25, -0.2) is 0 Å². The summed E-state index contributed by atoms with van der Waals surface area (Å²) in [5.41, 5.74) is 3.32. The van der Waals surface area contributed by atoms with Crippen molar-refractivity contribution in [3.05, 3.63) is 17.0 Å². The lowest BCUT2D eigenvalue weighted by molar-refractivity contribution is 0.100. The van der Waals surface area contributed by atoms with Gasteiger partial charge >= 0.3 is 0 Å². The van der Waals surface area contributed by atoms with E-state index in [1.807, 2.05) is 11.6 Å². The molecule has 3 nitrogen and oxygen atoms in total. The SMILES string of the molecule is Cc1nn(CCOCC(C)C)c(C)c1CCl. The minimum Gasteiger partial charge on any atom is -0.379 e. The lowest BCUT2D eigenvalue weighted by Gasteiger charge is -2.08. The van der Waals surface area contributed by atoms with E-state index in [0.29, 0.717) is 18.4 Å². The van der Waals surface area contributed by atoms with Gasteiger partial charge in [-0.05, 0) is 19.8 Å². The van der Waals surface area contributed by atoms with Gasteiger partial charge in [-0.15, -0.1) is 11.6 Å². The molecule has 0 saturated carbocycles. The zero-order chi connectivity index (χ0) is 12.1. The Bertz CT molecular complexity index is 334. The van der Waals surface area contributed by atoms with Crippen LogP contribution in [-0.2, 0) is 17.2 Å².